The summed E-state index contributed by atoms with van der Waals surface area (Å²) in [5, 5.41) is 9.39. The normalized spacial score (nSPS) is 46.5. The Bertz CT molecular complexity index is 188. The van der Waals surface area contributed by atoms with E-state index in [0.29, 0.717) is 18.0 Å². The maximum Gasteiger partial charge on any atom is 0.0895 e. The van der Waals surface area contributed by atoms with Gasteiger partial charge in [-0.3, -0.25) is 4.90 Å². The predicted molar refractivity (Wildman–Crippen MR) is 44.3 cm³/mol. The molecule has 1 unspecified atom stereocenters. The van der Waals surface area contributed by atoms with E-state index >= 15 is 0 Å². The van der Waals surface area contributed by atoms with Crippen LogP contribution < -0.4 is 0 Å². The molecule has 0 spiro atoms. The van der Waals surface area contributed by atoms with Crippen molar-refractivity contribution in [3.05, 3.63) is 12.2 Å². The third-order valence-electron chi connectivity index (χ3n) is 2.46. The number of nitrogens with zero attached hydrogens (tertiary/aromatic N) is 1. The van der Waals surface area contributed by atoms with Crippen molar-refractivity contribution in [3.8, 4) is 0 Å². The highest BCUT2D eigenvalue weighted by molar-refractivity contribution is 5.26. The second-order valence-electron chi connectivity index (χ2n) is 3.95. The number of aliphatic hydroxyl groups excluding tert-OH is 1. The molecule has 1 saturated heterocycles. The SMILES string of the molecule is CC(C)CN1[C@H]2[C@H](O)C=C[C@H]21. The third-order valence-corrected chi connectivity index (χ3v) is 2.46. The highest BCUT2D eigenvalue weighted by Gasteiger charge is 2.52. The third kappa shape index (κ3) is 1.10. The highest BCUT2D eigenvalue weighted by Crippen LogP contribution is 2.37. The first-order chi connectivity index (χ1) is 5.20. The Morgan fingerprint density at radius 1 is 1.45 bits per heavy atom. The summed E-state index contributed by atoms with van der Waals surface area (Å²) in [5.74, 6) is 0.709. The molecule has 1 aliphatic heterocycles. The van der Waals surface area contributed by atoms with Gasteiger partial charge < -0.3 is 5.11 Å². The summed E-state index contributed by atoms with van der Waals surface area (Å²) in [6.07, 6.45) is 3.84. The Morgan fingerprint density at radius 3 is 2.64 bits per heavy atom. The van der Waals surface area contributed by atoms with Gasteiger partial charge in [-0.25, -0.2) is 0 Å². The van der Waals surface area contributed by atoms with E-state index in [-0.39, 0.29) is 6.10 Å². The lowest BCUT2D eigenvalue weighted by atomic mass is 10.2. The Labute approximate surface area is 67.5 Å². The first-order valence-corrected chi connectivity index (χ1v) is 4.32. The molecule has 0 aromatic rings. The van der Waals surface area contributed by atoms with Crippen LogP contribution in [0.5, 0.6) is 0 Å². The Hall–Kier alpha value is -0.340. The van der Waals surface area contributed by atoms with E-state index in [0.717, 1.165) is 6.54 Å². The van der Waals surface area contributed by atoms with Crippen LogP contribution in [0.4, 0.5) is 0 Å². The Balaban J connectivity index is 1.90. The second-order valence-corrected chi connectivity index (χ2v) is 3.95. The summed E-state index contributed by atoms with van der Waals surface area (Å²) in [6, 6.07) is 0.991. The van der Waals surface area contributed by atoms with E-state index in [2.05, 4.69) is 24.8 Å². The molecule has 0 aromatic carbocycles. The van der Waals surface area contributed by atoms with Gasteiger partial charge in [0.05, 0.1) is 12.1 Å². The molecule has 0 bridgehead atoms. The molecule has 1 aliphatic carbocycles. The predicted octanol–water partition coefficient (Wildman–Crippen LogP) is 0.626. The van der Waals surface area contributed by atoms with Crippen LogP contribution in [0.15, 0.2) is 12.2 Å². The minimum atomic E-state index is -0.196. The fraction of sp³-hybridized carbons (Fsp3) is 0.778. The van der Waals surface area contributed by atoms with Crippen molar-refractivity contribution < 1.29 is 5.11 Å². The fourth-order valence-electron chi connectivity index (χ4n) is 1.95. The van der Waals surface area contributed by atoms with E-state index in [4.69, 9.17) is 0 Å². The van der Waals surface area contributed by atoms with E-state index < -0.39 is 0 Å². The van der Waals surface area contributed by atoms with E-state index in [1.54, 1.807) is 0 Å². The summed E-state index contributed by atoms with van der Waals surface area (Å²) in [5.41, 5.74) is 0. The average Bonchev–Trinajstić information content (AvgIpc) is 2.41. The van der Waals surface area contributed by atoms with Crippen molar-refractivity contribution in [1.29, 1.82) is 0 Å². The largest absolute Gasteiger partial charge is 0.387 e. The van der Waals surface area contributed by atoms with Gasteiger partial charge in [-0.1, -0.05) is 26.0 Å². The van der Waals surface area contributed by atoms with Crippen molar-refractivity contribution >= 4 is 0 Å². The topological polar surface area (TPSA) is 23.2 Å². The van der Waals surface area contributed by atoms with Crippen molar-refractivity contribution in [2.24, 2.45) is 5.92 Å². The molecule has 2 aliphatic rings. The number of hydrogen-bond donors (Lipinski definition) is 1. The maximum atomic E-state index is 9.39. The van der Waals surface area contributed by atoms with Crippen LogP contribution >= 0.6 is 0 Å². The van der Waals surface area contributed by atoms with Gasteiger partial charge in [0, 0.05) is 12.6 Å². The zero-order chi connectivity index (χ0) is 8.01. The lowest BCUT2D eigenvalue weighted by Gasteiger charge is -2.09. The molecule has 1 N–H and O–H groups in total. The summed E-state index contributed by atoms with van der Waals surface area (Å²) in [4.78, 5) is 2.36. The second kappa shape index (κ2) is 2.32. The van der Waals surface area contributed by atoms with Gasteiger partial charge in [0.15, 0.2) is 0 Å². The van der Waals surface area contributed by atoms with Crippen LogP contribution in [-0.4, -0.2) is 34.7 Å². The molecule has 1 heterocycles. The van der Waals surface area contributed by atoms with Gasteiger partial charge in [-0.15, -0.1) is 0 Å². The van der Waals surface area contributed by atoms with Gasteiger partial charge in [-0.2, -0.15) is 0 Å². The molecular weight excluding hydrogens is 138 g/mol. The van der Waals surface area contributed by atoms with Crippen molar-refractivity contribution in [1.82, 2.24) is 4.90 Å². The zero-order valence-corrected chi connectivity index (χ0v) is 7.07. The van der Waals surface area contributed by atoms with Gasteiger partial charge in [0.1, 0.15) is 0 Å². The zero-order valence-electron chi connectivity index (χ0n) is 7.07. The first kappa shape index (κ1) is 7.32. The standard InChI is InChI=1S/C9H15NO/c1-6(2)5-10-7-3-4-8(11)9(7)10/h3-4,6-9,11H,5H2,1-2H3/t7-,8-,9-,10?/m1/s1. The summed E-state index contributed by atoms with van der Waals surface area (Å²) >= 11 is 0. The van der Waals surface area contributed by atoms with Crippen LogP contribution in [0.1, 0.15) is 13.8 Å². The number of aliphatic hydroxyl groups is 1. The van der Waals surface area contributed by atoms with Gasteiger partial charge in [0.25, 0.3) is 0 Å². The fourth-order valence-corrected chi connectivity index (χ4v) is 1.95. The lowest BCUT2D eigenvalue weighted by Crippen LogP contribution is -2.19. The maximum absolute atomic E-state index is 9.39. The molecule has 0 amide bonds. The molecule has 62 valence electrons. The van der Waals surface area contributed by atoms with Crippen molar-refractivity contribution in [2.45, 2.75) is 32.0 Å². The molecule has 11 heavy (non-hydrogen) atoms. The van der Waals surface area contributed by atoms with E-state index in [1.165, 1.54) is 0 Å². The summed E-state index contributed by atoms with van der Waals surface area (Å²) < 4.78 is 0. The van der Waals surface area contributed by atoms with Gasteiger partial charge in [-0.05, 0) is 5.92 Å². The molecular formula is C9H15NO. The minimum absolute atomic E-state index is 0.196. The summed E-state index contributed by atoms with van der Waals surface area (Å²) in [7, 11) is 0. The van der Waals surface area contributed by atoms with E-state index in [1.807, 2.05) is 6.08 Å². The lowest BCUT2D eigenvalue weighted by molar-refractivity contribution is 0.199. The van der Waals surface area contributed by atoms with E-state index in [9.17, 15) is 5.11 Å². The summed E-state index contributed by atoms with van der Waals surface area (Å²) in [6.45, 7) is 5.55. The van der Waals surface area contributed by atoms with Crippen LogP contribution in [-0.2, 0) is 0 Å². The van der Waals surface area contributed by atoms with Crippen molar-refractivity contribution in [3.63, 3.8) is 0 Å². The van der Waals surface area contributed by atoms with Crippen LogP contribution in [0.25, 0.3) is 0 Å². The van der Waals surface area contributed by atoms with Crippen molar-refractivity contribution in [2.75, 3.05) is 6.54 Å². The highest BCUT2D eigenvalue weighted by atomic mass is 16.3. The van der Waals surface area contributed by atoms with Crippen LogP contribution in [0.3, 0.4) is 0 Å². The molecule has 4 atom stereocenters. The molecule has 0 aromatic heterocycles. The van der Waals surface area contributed by atoms with Crippen LogP contribution in [0.2, 0.25) is 0 Å². The van der Waals surface area contributed by atoms with Crippen LogP contribution in [0, 0.1) is 5.92 Å². The molecule has 0 saturated carbocycles. The minimum Gasteiger partial charge on any atom is -0.387 e. The molecule has 2 nitrogen and oxygen atoms in total. The Kier molecular flexibility index (Phi) is 1.55. The first-order valence-electron chi connectivity index (χ1n) is 4.32. The van der Waals surface area contributed by atoms with Gasteiger partial charge in [0.2, 0.25) is 0 Å². The number of fused-ring (bicyclic) bond motifs is 1. The number of rotatable bonds is 2. The Morgan fingerprint density at radius 2 is 2.18 bits per heavy atom. The smallest absolute Gasteiger partial charge is 0.0895 e. The monoisotopic (exact) mass is 153 g/mol. The molecule has 2 heteroatoms. The quantitative estimate of drug-likeness (QED) is 0.464. The molecule has 1 fully saturated rings. The molecule has 0 radical (unpaired) electrons. The average molecular weight is 153 g/mol. The number of hydrogen-bond acceptors (Lipinski definition) is 2. The van der Waals surface area contributed by atoms with Gasteiger partial charge >= 0.3 is 0 Å². The molecule has 2 rings (SSSR count).